The minimum absolute atomic E-state index is 0.189. The Balaban J connectivity index is 2.33. The van der Waals surface area contributed by atoms with Crippen molar-refractivity contribution in [1.82, 2.24) is 0 Å². The van der Waals surface area contributed by atoms with Gasteiger partial charge in [0.05, 0.1) is 15.1 Å². The summed E-state index contributed by atoms with van der Waals surface area (Å²) in [5.74, 6) is 0.0591. The fraction of sp³-hybridized carbons (Fsp3) is 0.0714. The van der Waals surface area contributed by atoms with E-state index in [1.807, 2.05) is 19.1 Å². The van der Waals surface area contributed by atoms with Crippen LogP contribution >= 0.6 is 27.5 Å². The van der Waals surface area contributed by atoms with Gasteiger partial charge in [0.15, 0.2) is 0 Å². The molecule has 0 amide bonds. The SMILES string of the molecule is Cc1ccc(Cl)c(Oc2ccc(C(=O)O)cc2Br)c1. The number of carboxylic acid groups (broad SMARTS) is 1. The lowest BCUT2D eigenvalue weighted by molar-refractivity contribution is 0.0697. The number of benzene rings is 2. The van der Waals surface area contributed by atoms with Crippen molar-refractivity contribution in [2.45, 2.75) is 6.92 Å². The molecule has 0 heterocycles. The van der Waals surface area contributed by atoms with Gasteiger partial charge in [-0.05, 0) is 58.7 Å². The predicted molar refractivity (Wildman–Crippen MR) is 77.4 cm³/mol. The first-order valence-electron chi connectivity index (χ1n) is 5.44. The van der Waals surface area contributed by atoms with Crippen LogP contribution in [0, 0.1) is 6.92 Å². The maximum Gasteiger partial charge on any atom is 0.335 e. The van der Waals surface area contributed by atoms with E-state index >= 15 is 0 Å². The summed E-state index contributed by atoms with van der Waals surface area (Å²) in [6.45, 7) is 1.94. The minimum atomic E-state index is -0.985. The number of aryl methyl sites for hydroxylation is 1. The molecule has 2 rings (SSSR count). The van der Waals surface area contributed by atoms with Crippen LogP contribution in [0.1, 0.15) is 15.9 Å². The van der Waals surface area contributed by atoms with E-state index < -0.39 is 5.97 Å². The molecule has 5 heteroatoms. The number of carbonyl (C=O) groups is 1. The molecule has 2 aromatic carbocycles. The van der Waals surface area contributed by atoms with Crippen LogP contribution in [0.2, 0.25) is 5.02 Å². The van der Waals surface area contributed by atoms with Crippen LogP contribution in [-0.4, -0.2) is 11.1 Å². The number of rotatable bonds is 3. The molecule has 0 spiro atoms. The Morgan fingerprint density at radius 1 is 1.21 bits per heavy atom. The van der Waals surface area contributed by atoms with Crippen molar-refractivity contribution in [3.8, 4) is 11.5 Å². The first-order chi connectivity index (χ1) is 8.97. The van der Waals surface area contributed by atoms with E-state index in [4.69, 9.17) is 21.4 Å². The maximum absolute atomic E-state index is 10.8. The zero-order chi connectivity index (χ0) is 14.0. The second-order valence-corrected chi connectivity index (χ2v) is 5.25. The molecule has 0 aliphatic rings. The molecule has 0 atom stereocenters. The van der Waals surface area contributed by atoms with E-state index in [0.29, 0.717) is 21.0 Å². The zero-order valence-electron chi connectivity index (χ0n) is 9.98. The smallest absolute Gasteiger partial charge is 0.335 e. The van der Waals surface area contributed by atoms with Crippen molar-refractivity contribution in [2.24, 2.45) is 0 Å². The molecule has 0 aliphatic carbocycles. The van der Waals surface area contributed by atoms with Crippen molar-refractivity contribution in [1.29, 1.82) is 0 Å². The Morgan fingerprint density at radius 2 is 1.95 bits per heavy atom. The molecule has 0 aliphatic heterocycles. The van der Waals surface area contributed by atoms with Gasteiger partial charge in [-0.1, -0.05) is 17.7 Å². The molecule has 1 N–H and O–H groups in total. The Hall–Kier alpha value is -1.52. The molecule has 3 nitrogen and oxygen atoms in total. The van der Waals surface area contributed by atoms with Gasteiger partial charge >= 0.3 is 5.97 Å². The van der Waals surface area contributed by atoms with Crippen molar-refractivity contribution < 1.29 is 14.6 Å². The van der Waals surface area contributed by atoms with Gasteiger partial charge in [-0.3, -0.25) is 0 Å². The molecule has 98 valence electrons. The Bertz CT molecular complexity index is 641. The molecule has 2 aromatic rings. The van der Waals surface area contributed by atoms with Crippen LogP contribution in [0.15, 0.2) is 40.9 Å². The van der Waals surface area contributed by atoms with Crippen LogP contribution < -0.4 is 4.74 Å². The summed E-state index contributed by atoms with van der Waals surface area (Å²) in [5, 5.41) is 9.39. The van der Waals surface area contributed by atoms with Gasteiger partial charge in [0.25, 0.3) is 0 Å². The van der Waals surface area contributed by atoms with E-state index in [2.05, 4.69) is 15.9 Å². The molecule has 0 aromatic heterocycles. The minimum Gasteiger partial charge on any atom is -0.478 e. The Labute approximate surface area is 123 Å². The lowest BCUT2D eigenvalue weighted by Gasteiger charge is -2.10. The van der Waals surface area contributed by atoms with Crippen LogP contribution in [-0.2, 0) is 0 Å². The highest BCUT2D eigenvalue weighted by Gasteiger charge is 2.10. The molecule has 0 fully saturated rings. The first-order valence-corrected chi connectivity index (χ1v) is 6.61. The highest BCUT2D eigenvalue weighted by molar-refractivity contribution is 9.10. The van der Waals surface area contributed by atoms with E-state index in [0.717, 1.165) is 5.56 Å². The summed E-state index contributed by atoms with van der Waals surface area (Å²) >= 11 is 9.33. The van der Waals surface area contributed by atoms with Gasteiger partial charge in [0.1, 0.15) is 11.5 Å². The maximum atomic E-state index is 10.8. The second-order valence-electron chi connectivity index (χ2n) is 3.99. The Kier molecular flexibility index (Phi) is 4.12. The number of aromatic carboxylic acids is 1. The van der Waals surface area contributed by atoms with Crippen molar-refractivity contribution in [3.05, 3.63) is 57.0 Å². The molecule has 0 bridgehead atoms. The number of hydrogen-bond donors (Lipinski definition) is 1. The highest BCUT2D eigenvalue weighted by atomic mass is 79.9. The average molecular weight is 342 g/mol. The van der Waals surface area contributed by atoms with Gasteiger partial charge in [-0.15, -0.1) is 0 Å². The zero-order valence-corrected chi connectivity index (χ0v) is 12.3. The van der Waals surface area contributed by atoms with Gasteiger partial charge in [0.2, 0.25) is 0 Å². The van der Waals surface area contributed by atoms with Gasteiger partial charge in [0, 0.05) is 0 Å². The van der Waals surface area contributed by atoms with Gasteiger partial charge in [-0.25, -0.2) is 4.79 Å². The van der Waals surface area contributed by atoms with Crippen molar-refractivity contribution >= 4 is 33.5 Å². The Morgan fingerprint density at radius 3 is 2.58 bits per heavy atom. The predicted octanol–water partition coefficient (Wildman–Crippen LogP) is 4.90. The summed E-state index contributed by atoms with van der Waals surface area (Å²) in [6, 6.07) is 10.0. The lowest BCUT2D eigenvalue weighted by atomic mass is 10.2. The van der Waals surface area contributed by atoms with Crippen LogP contribution in [0.5, 0.6) is 11.5 Å². The summed E-state index contributed by atoms with van der Waals surface area (Å²) in [4.78, 5) is 10.8. The van der Waals surface area contributed by atoms with Crippen LogP contribution in [0.3, 0.4) is 0 Å². The third-order valence-corrected chi connectivity index (χ3v) is 3.42. The van der Waals surface area contributed by atoms with Gasteiger partial charge in [-0.2, -0.15) is 0 Å². The highest BCUT2D eigenvalue weighted by Crippen LogP contribution is 2.34. The van der Waals surface area contributed by atoms with Crippen LogP contribution in [0.4, 0.5) is 0 Å². The van der Waals surface area contributed by atoms with Gasteiger partial charge < -0.3 is 9.84 Å². The molecular formula is C14H10BrClO3. The number of ether oxygens (including phenoxy) is 1. The number of hydrogen-bond acceptors (Lipinski definition) is 2. The molecular weight excluding hydrogens is 332 g/mol. The van der Waals surface area contributed by atoms with E-state index in [9.17, 15) is 4.79 Å². The summed E-state index contributed by atoms with van der Waals surface area (Å²) in [6.07, 6.45) is 0. The summed E-state index contributed by atoms with van der Waals surface area (Å²) in [7, 11) is 0. The molecule has 19 heavy (non-hydrogen) atoms. The topological polar surface area (TPSA) is 46.5 Å². The average Bonchev–Trinajstić information content (AvgIpc) is 2.36. The summed E-state index contributed by atoms with van der Waals surface area (Å²) in [5.41, 5.74) is 1.22. The fourth-order valence-corrected chi connectivity index (χ4v) is 2.14. The number of carboxylic acids is 1. The molecule has 0 saturated carbocycles. The monoisotopic (exact) mass is 340 g/mol. The third kappa shape index (κ3) is 3.28. The van der Waals surface area contributed by atoms with E-state index in [1.54, 1.807) is 12.1 Å². The quantitative estimate of drug-likeness (QED) is 0.863. The standard InChI is InChI=1S/C14H10BrClO3/c1-8-2-4-11(16)13(6-8)19-12-5-3-9(14(17)18)7-10(12)15/h2-7H,1H3,(H,17,18). The lowest BCUT2D eigenvalue weighted by Crippen LogP contribution is -1.96. The van der Waals surface area contributed by atoms with Crippen LogP contribution in [0.25, 0.3) is 0 Å². The first kappa shape index (κ1) is 13.9. The molecule has 0 radical (unpaired) electrons. The third-order valence-electron chi connectivity index (χ3n) is 2.49. The number of halogens is 2. The normalized spacial score (nSPS) is 10.3. The fourth-order valence-electron chi connectivity index (χ4n) is 1.52. The van der Waals surface area contributed by atoms with E-state index in [1.165, 1.54) is 12.1 Å². The largest absolute Gasteiger partial charge is 0.478 e. The van der Waals surface area contributed by atoms with Crippen molar-refractivity contribution in [2.75, 3.05) is 0 Å². The molecule has 0 unspecified atom stereocenters. The van der Waals surface area contributed by atoms with Crippen molar-refractivity contribution in [3.63, 3.8) is 0 Å². The van der Waals surface area contributed by atoms with E-state index in [-0.39, 0.29) is 5.56 Å². The summed E-state index contributed by atoms with van der Waals surface area (Å²) < 4.78 is 6.24. The molecule has 0 saturated heterocycles. The second kappa shape index (κ2) is 5.63.